The van der Waals surface area contributed by atoms with Crippen LogP contribution in [0, 0.1) is 0 Å². The molecule has 0 bridgehead atoms. The fourth-order valence-electron chi connectivity index (χ4n) is 2.97. The molecule has 26 heavy (non-hydrogen) atoms. The van der Waals surface area contributed by atoms with Gasteiger partial charge in [-0.1, -0.05) is 12.1 Å². The second-order valence-electron chi connectivity index (χ2n) is 6.12. The molecule has 0 aromatic heterocycles. The molecule has 2 aromatic rings. The van der Waals surface area contributed by atoms with Gasteiger partial charge in [-0.15, -0.1) is 0 Å². The maximum absolute atomic E-state index is 9.72. The van der Waals surface area contributed by atoms with Crippen LogP contribution >= 0.6 is 0 Å². The molecule has 0 fully saturated rings. The summed E-state index contributed by atoms with van der Waals surface area (Å²) in [6.07, 6.45) is 4.51. The van der Waals surface area contributed by atoms with E-state index in [1.54, 1.807) is 18.2 Å². The van der Waals surface area contributed by atoms with Gasteiger partial charge >= 0.3 is 0 Å². The number of hydrogen-bond donors (Lipinski definition) is 1. The van der Waals surface area contributed by atoms with E-state index in [1.807, 2.05) is 31.2 Å². The Labute approximate surface area is 151 Å². The van der Waals surface area contributed by atoms with Crippen LogP contribution < -0.4 is 14.2 Å². The van der Waals surface area contributed by atoms with Gasteiger partial charge in [-0.05, 0) is 48.4 Å². The van der Waals surface area contributed by atoms with Gasteiger partial charge in [0.05, 0.1) is 12.8 Å². The zero-order valence-corrected chi connectivity index (χ0v) is 14.5. The Morgan fingerprint density at radius 3 is 2.69 bits per heavy atom. The smallest absolute Gasteiger partial charge is 0.231 e. The summed E-state index contributed by atoms with van der Waals surface area (Å²) >= 11 is 0. The molecule has 0 aliphatic carbocycles. The Morgan fingerprint density at radius 1 is 1.08 bits per heavy atom. The number of phenolic OH excluding ortho intramolecular Hbond substituents is 1. The summed E-state index contributed by atoms with van der Waals surface area (Å²) in [6, 6.07) is 9.11. The molecule has 2 aliphatic heterocycles. The van der Waals surface area contributed by atoms with Crippen molar-refractivity contribution in [3.63, 3.8) is 0 Å². The van der Waals surface area contributed by atoms with Gasteiger partial charge in [-0.2, -0.15) is 10.2 Å². The molecule has 2 aliphatic rings. The van der Waals surface area contributed by atoms with Crippen LogP contribution in [0.3, 0.4) is 0 Å². The van der Waals surface area contributed by atoms with Crippen molar-refractivity contribution in [2.75, 3.05) is 13.9 Å². The normalized spacial score (nSPS) is 15.3. The van der Waals surface area contributed by atoms with Crippen molar-refractivity contribution in [3.05, 3.63) is 53.1 Å². The molecule has 0 atom stereocenters. The lowest BCUT2D eigenvalue weighted by molar-refractivity contribution is 0.174. The van der Waals surface area contributed by atoms with Gasteiger partial charge in [-0.25, -0.2) is 0 Å². The third-order valence-electron chi connectivity index (χ3n) is 4.29. The first kappa shape index (κ1) is 16.2. The van der Waals surface area contributed by atoms with Crippen molar-refractivity contribution in [2.24, 2.45) is 10.2 Å². The molecule has 0 unspecified atom stereocenters. The summed E-state index contributed by atoms with van der Waals surface area (Å²) in [5.74, 6) is 2.00. The van der Waals surface area contributed by atoms with E-state index in [9.17, 15) is 5.11 Å². The average molecular weight is 350 g/mol. The average Bonchev–Trinajstić information content (AvgIpc) is 3.03. The first-order chi connectivity index (χ1) is 12.6. The third-order valence-corrected chi connectivity index (χ3v) is 4.29. The molecule has 2 heterocycles. The van der Waals surface area contributed by atoms with Crippen LogP contribution in [-0.2, 0) is 6.42 Å². The number of methoxy groups -OCH3 is 1. The fourth-order valence-corrected chi connectivity index (χ4v) is 2.97. The van der Waals surface area contributed by atoms with E-state index in [0.29, 0.717) is 12.2 Å². The number of nitrogens with zero attached hydrogens (tertiary/aromatic N) is 2. The summed E-state index contributed by atoms with van der Waals surface area (Å²) in [5.41, 5.74) is 4.62. The number of benzene rings is 2. The van der Waals surface area contributed by atoms with Crippen molar-refractivity contribution < 1.29 is 19.3 Å². The lowest BCUT2D eigenvalue weighted by atomic mass is 9.97. The van der Waals surface area contributed by atoms with Gasteiger partial charge in [0.2, 0.25) is 6.79 Å². The van der Waals surface area contributed by atoms with Crippen molar-refractivity contribution in [3.8, 4) is 23.0 Å². The summed E-state index contributed by atoms with van der Waals surface area (Å²) in [7, 11) is 1.52. The number of hydrogen-bond acceptors (Lipinski definition) is 6. The predicted molar refractivity (Wildman–Crippen MR) is 99.6 cm³/mol. The van der Waals surface area contributed by atoms with Gasteiger partial charge < -0.3 is 19.3 Å². The standard InChI is InChI=1S/C20H18N2O4/c1-12-7-14-9-19-20(26-11-25-19)10-15(14)16(22-21-12)5-3-13-4-6-17(23)18(8-13)24-2/h3-6,8-10,23H,7,11H2,1-2H3/b5-3+. The molecular weight excluding hydrogens is 332 g/mol. The van der Waals surface area contributed by atoms with Crippen molar-refractivity contribution in [2.45, 2.75) is 13.3 Å². The molecule has 6 nitrogen and oxygen atoms in total. The Bertz CT molecular complexity index is 961. The minimum absolute atomic E-state index is 0.106. The molecule has 132 valence electrons. The maximum atomic E-state index is 9.72. The Kier molecular flexibility index (Phi) is 4.08. The van der Waals surface area contributed by atoms with Crippen LogP contribution in [0.4, 0.5) is 0 Å². The number of allylic oxidation sites excluding steroid dienone is 1. The van der Waals surface area contributed by atoms with Crippen LogP contribution in [0.1, 0.15) is 23.6 Å². The molecule has 0 saturated carbocycles. The largest absolute Gasteiger partial charge is 0.504 e. The lowest BCUT2D eigenvalue weighted by Crippen LogP contribution is -2.03. The van der Waals surface area contributed by atoms with E-state index in [0.717, 1.165) is 39.6 Å². The SMILES string of the molecule is COc1cc(/C=C/C2=NN=C(C)Cc3cc4c(cc32)OCO4)ccc1O. The first-order valence-corrected chi connectivity index (χ1v) is 8.23. The van der Waals surface area contributed by atoms with Gasteiger partial charge in [0.1, 0.15) is 0 Å². The molecule has 0 saturated heterocycles. The predicted octanol–water partition coefficient (Wildman–Crippen LogP) is 3.56. The van der Waals surface area contributed by atoms with Crippen LogP contribution in [0.5, 0.6) is 23.0 Å². The topological polar surface area (TPSA) is 72.6 Å². The van der Waals surface area contributed by atoms with Gasteiger partial charge in [0, 0.05) is 17.7 Å². The first-order valence-electron chi connectivity index (χ1n) is 8.23. The second-order valence-corrected chi connectivity index (χ2v) is 6.12. The van der Waals surface area contributed by atoms with Gasteiger partial charge in [0.25, 0.3) is 0 Å². The van der Waals surface area contributed by atoms with Crippen molar-refractivity contribution >= 4 is 17.5 Å². The van der Waals surface area contributed by atoms with E-state index in [1.165, 1.54) is 7.11 Å². The van der Waals surface area contributed by atoms with E-state index in [4.69, 9.17) is 14.2 Å². The number of fused-ring (bicyclic) bond motifs is 2. The van der Waals surface area contributed by atoms with Crippen LogP contribution in [0.15, 0.2) is 46.6 Å². The van der Waals surface area contributed by atoms with E-state index in [-0.39, 0.29) is 12.5 Å². The van der Waals surface area contributed by atoms with Crippen molar-refractivity contribution in [1.29, 1.82) is 0 Å². The highest BCUT2D eigenvalue weighted by Gasteiger charge is 2.20. The fraction of sp³-hybridized carbons (Fsp3) is 0.200. The second kappa shape index (κ2) is 6.55. The zero-order valence-electron chi connectivity index (χ0n) is 14.5. The third kappa shape index (κ3) is 3.01. The molecular formula is C20H18N2O4. The highest BCUT2D eigenvalue weighted by Crippen LogP contribution is 2.36. The summed E-state index contributed by atoms with van der Waals surface area (Å²) < 4.78 is 16.1. The molecule has 0 radical (unpaired) electrons. The Balaban J connectivity index is 1.72. The van der Waals surface area contributed by atoms with Gasteiger partial charge in [0.15, 0.2) is 23.0 Å². The highest BCUT2D eigenvalue weighted by molar-refractivity contribution is 6.13. The van der Waals surface area contributed by atoms with Gasteiger partial charge in [-0.3, -0.25) is 0 Å². The molecule has 4 rings (SSSR count). The minimum Gasteiger partial charge on any atom is -0.504 e. The maximum Gasteiger partial charge on any atom is 0.231 e. The van der Waals surface area contributed by atoms with Crippen molar-refractivity contribution in [1.82, 2.24) is 0 Å². The van der Waals surface area contributed by atoms with E-state index in [2.05, 4.69) is 10.2 Å². The van der Waals surface area contributed by atoms with Crippen LogP contribution in [0.25, 0.3) is 6.08 Å². The number of rotatable bonds is 3. The van der Waals surface area contributed by atoms with E-state index >= 15 is 0 Å². The number of phenols is 1. The number of ether oxygens (including phenoxy) is 3. The monoisotopic (exact) mass is 350 g/mol. The molecule has 6 heteroatoms. The number of aromatic hydroxyl groups is 1. The zero-order chi connectivity index (χ0) is 18.1. The summed E-state index contributed by atoms with van der Waals surface area (Å²) in [5, 5.41) is 18.4. The minimum atomic E-state index is 0.106. The Hall–Kier alpha value is -3.28. The van der Waals surface area contributed by atoms with Crippen LogP contribution in [-0.4, -0.2) is 30.4 Å². The summed E-state index contributed by atoms with van der Waals surface area (Å²) in [6.45, 7) is 2.19. The quantitative estimate of drug-likeness (QED) is 0.919. The lowest BCUT2D eigenvalue weighted by Gasteiger charge is -2.08. The highest BCUT2D eigenvalue weighted by atomic mass is 16.7. The van der Waals surface area contributed by atoms with E-state index < -0.39 is 0 Å². The molecule has 0 amide bonds. The Morgan fingerprint density at radius 2 is 1.88 bits per heavy atom. The summed E-state index contributed by atoms with van der Waals surface area (Å²) in [4.78, 5) is 0. The van der Waals surface area contributed by atoms with Crippen LogP contribution in [0.2, 0.25) is 0 Å². The molecule has 1 N–H and O–H groups in total. The molecule has 0 spiro atoms. The molecule has 2 aromatic carbocycles.